The molecule has 2 unspecified atom stereocenters. The van der Waals surface area contributed by atoms with Crippen molar-refractivity contribution in [1.82, 2.24) is 10.2 Å². The second kappa shape index (κ2) is 5.84. The van der Waals surface area contributed by atoms with Gasteiger partial charge in [-0.05, 0) is 57.3 Å². The van der Waals surface area contributed by atoms with Crippen molar-refractivity contribution in [1.29, 1.82) is 0 Å². The monoisotopic (exact) mass is 294 g/mol. The van der Waals surface area contributed by atoms with Crippen molar-refractivity contribution in [3.05, 3.63) is 21.4 Å². The number of nitrogens with zero attached hydrogens (tertiary/aromatic N) is 1. The lowest BCUT2D eigenvalue weighted by molar-refractivity contribution is 0.0702. The van der Waals surface area contributed by atoms with Gasteiger partial charge in [0.25, 0.3) is 0 Å². The summed E-state index contributed by atoms with van der Waals surface area (Å²) in [6, 6.07) is 3.18. The van der Waals surface area contributed by atoms with Crippen molar-refractivity contribution in [2.24, 2.45) is 0 Å². The van der Waals surface area contributed by atoms with Crippen LogP contribution in [0.2, 0.25) is 0 Å². The van der Waals surface area contributed by atoms with Crippen LogP contribution in [0.25, 0.3) is 0 Å². The Morgan fingerprint density at radius 1 is 1.50 bits per heavy atom. The third-order valence-corrected chi connectivity index (χ3v) is 5.71. The second-order valence-electron chi connectivity index (χ2n) is 5.93. The van der Waals surface area contributed by atoms with Crippen LogP contribution in [0.15, 0.2) is 6.07 Å². The molecule has 4 nitrogen and oxygen atoms in total. The third-order valence-electron chi connectivity index (χ3n) is 4.63. The zero-order chi connectivity index (χ0) is 14.1. The Morgan fingerprint density at radius 2 is 2.35 bits per heavy atom. The zero-order valence-corrected chi connectivity index (χ0v) is 12.7. The molecule has 0 aliphatic carbocycles. The van der Waals surface area contributed by atoms with Crippen LogP contribution in [-0.4, -0.2) is 41.1 Å². The molecule has 2 aliphatic heterocycles. The third kappa shape index (κ3) is 2.90. The maximum atomic E-state index is 11.0. The molecule has 2 saturated heterocycles. The minimum Gasteiger partial charge on any atom is -0.477 e. The molecule has 0 bridgehead atoms. The van der Waals surface area contributed by atoms with Crippen LogP contribution in [0.4, 0.5) is 0 Å². The molecule has 0 spiro atoms. The van der Waals surface area contributed by atoms with Gasteiger partial charge in [-0.15, -0.1) is 11.3 Å². The number of carboxylic acid groups (broad SMARTS) is 1. The minimum atomic E-state index is -0.816. The maximum Gasteiger partial charge on any atom is 0.345 e. The fourth-order valence-corrected chi connectivity index (χ4v) is 4.35. The van der Waals surface area contributed by atoms with E-state index in [4.69, 9.17) is 5.11 Å². The Kier molecular flexibility index (Phi) is 4.10. The number of thiophene rings is 1. The number of fused-ring (bicyclic) bond motifs is 1. The summed E-state index contributed by atoms with van der Waals surface area (Å²) in [4.78, 5) is 15.2. The molecule has 5 heteroatoms. The first-order valence-corrected chi connectivity index (χ1v) is 8.25. The fraction of sp³-hybridized carbons (Fsp3) is 0.667. The van der Waals surface area contributed by atoms with E-state index in [1.807, 2.05) is 13.0 Å². The number of carboxylic acids is 1. The Bertz CT molecular complexity index is 500. The number of hydrogen-bond acceptors (Lipinski definition) is 4. The lowest BCUT2D eigenvalue weighted by atomic mass is 9.97. The van der Waals surface area contributed by atoms with Gasteiger partial charge >= 0.3 is 5.97 Å². The molecule has 2 N–H and O–H groups in total. The van der Waals surface area contributed by atoms with Gasteiger partial charge in [0.2, 0.25) is 0 Å². The SMILES string of the molecule is Cc1sc(C(=O)O)cc1CNC1CCN2CCCC2C1. The van der Waals surface area contributed by atoms with Gasteiger partial charge in [-0.3, -0.25) is 0 Å². The molecule has 3 rings (SSSR count). The van der Waals surface area contributed by atoms with Crippen molar-refractivity contribution in [3.8, 4) is 0 Å². The molecule has 3 heterocycles. The topological polar surface area (TPSA) is 52.6 Å². The lowest BCUT2D eigenvalue weighted by Crippen LogP contribution is -2.45. The number of aryl methyl sites for hydroxylation is 1. The number of nitrogens with one attached hydrogen (secondary N) is 1. The Balaban J connectivity index is 1.55. The van der Waals surface area contributed by atoms with E-state index in [2.05, 4.69) is 10.2 Å². The van der Waals surface area contributed by atoms with Gasteiger partial charge in [0, 0.05) is 23.5 Å². The first-order chi connectivity index (χ1) is 9.63. The minimum absolute atomic E-state index is 0.449. The molecule has 2 aliphatic rings. The first-order valence-electron chi connectivity index (χ1n) is 7.43. The Labute approximate surface area is 123 Å². The van der Waals surface area contributed by atoms with Crippen molar-refractivity contribution in [2.75, 3.05) is 13.1 Å². The fourth-order valence-electron chi connectivity index (χ4n) is 3.46. The van der Waals surface area contributed by atoms with E-state index in [0.29, 0.717) is 10.9 Å². The molecule has 1 aromatic heterocycles. The Morgan fingerprint density at radius 3 is 3.10 bits per heavy atom. The number of hydrogen-bond donors (Lipinski definition) is 2. The van der Waals surface area contributed by atoms with E-state index in [0.717, 1.165) is 23.0 Å². The van der Waals surface area contributed by atoms with Crippen molar-refractivity contribution < 1.29 is 9.90 Å². The van der Waals surface area contributed by atoms with Crippen LogP contribution >= 0.6 is 11.3 Å². The van der Waals surface area contributed by atoms with E-state index in [1.165, 1.54) is 50.1 Å². The molecular weight excluding hydrogens is 272 g/mol. The van der Waals surface area contributed by atoms with Crippen LogP contribution in [-0.2, 0) is 6.54 Å². The largest absolute Gasteiger partial charge is 0.477 e. The molecule has 0 saturated carbocycles. The highest BCUT2D eigenvalue weighted by Crippen LogP contribution is 2.27. The van der Waals surface area contributed by atoms with Crippen molar-refractivity contribution >= 4 is 17.3 Å². The smallest absolute Gasteiger partial charge is 0.345 e. The molecular formula is C15H22N2O2S. The molecule has 0 aromatic carbocycles. The number of piperidine rings is 1. The number of carbonyl (C=O) groups is 1. The van der Waals surface area contributed by atoms with E-state index < -0.39 is 5.97 Å². The Hall–Kier alpha value is -0.910. The number of rotatable bonds is 4. The molecule has 20 heavy (non-hydrogen) atoms. The highest BCUT2D eigenvalue weighted by Gasteiger charge is 2.31. The van der Waals surface area contributed by atoms with Gasteiger partial charge in [-0.25, -0.2) is 4.79 Å². The summed E-state index contributed by atoms with van der Waals surface area (Å²) in [5, 5.41) is 12.7. The van der Waals surface area contributed by atoms with Crippen LogP contribution in [0.5, 0.6) is 0 Å². The standard InChI is InChI=1S/C15H22N2O2S/c1-10-11(7-14(20-10)15(18)19)9-16-12-4-6-17-5-2-3-13(17)8-12/h7,12-13,16H,2-6,8-9H2,1H3,(H,18,19). The summed E-state index contributed by atoms with van der Waals surface area (Å²) in [7, 11) is 0. The molecule has 2 atom stereocenters. The van der Waals surface area contributed by atoms with E-state index in [-0.39, 0.29) is 0 Å². The van der Waals surface area contributed by atoms with E-state index >= 15 is 0 Å². The van der Waals surface area contributed by atoms with Crippen LogP contribution in [0, 0.1) is 6.92 Å². The van der Waals surface area contributed by atoms with Gasteiger partial charge in [0.1, 0.15) is 4.88 Å². The van der Waals surface area contributed by atoms with Crippen LogP contribution < -0.4 is 5.32 Å². The van der Waals surface area contributed by atoms with Crippen LogP contribution in [0.3, 0.4) is 0 Å². The summed E-state index contributed by atoms with van der Waals surface area (Å²) in [6.45, 7) is 5.30. The summed E-state index contributed by atoms with van der Waals surface area (Å²) < 4.78 is 0. The van der Waals surface area contributed by atoms with Crippen LogP contribution in [0.1, 0.15) is 45.8 Å². The summed E-state index contributed by atoms with van der Waals surface area (Å²) in [5.74, 6) is -0.816. The zero-order valence-electron chi connectivity index (χ0n) is 11.9. The van der Waals surface area contributed by atoms with E-state index in [9.17, 15) is 4.79 Å². The first kappa shape index (κ1) is 14.0. The maximum absolute atomic E-state index is 11.0. The normalized spacial score (nSPS) is 26.6. The summed E-state index contributed by atoms with van der Waals surface area (Å²) >= 11 is 1.38. The average Bonchev–Trinajstić information content (AvgIpc) is 3.02. The number of aromatic carboxylic acids is 1. The molecule has 1 aromatic rings. The molecule has 2 fully saturated rings. The predicted octanol–water partition coefficient (Wildman–Crippen LogP) is 2.47. The predicted molar refractivity (Wildman–Crippen MR) is 80.5 cm³/mol. The highest BCUT2D eigenvalue weighted by atomic mass is 32.1. The van der Waals surface area contributed by atoms with E-state index in [1.54, 1.807) is 0 Å². The average molecular weight is 294 g/mol. The quantitative estimate of drug-likeness (QED) is 0.896. The van der Waals surface area contributed by atoms with Gasteiger partial charge < -0.3 is 15.3 Å². The summed E-state index contributed by atoms with van der Waals surface area (Å²) in [5.41, 5.74) is 1.14. The van der Waals surface area contributed by atoms with Gasteiger partial charge in [0.05, 0.1) is 0 Å². The molecule has 0 radical (unpaired) electrons. The van der Waals surface area contributed by atoms with Gasteiger partial charge in [-0.2, -0.15) is 0 Å². The van der Waals surface area contributed by atoms with Crippen molar-refractivity contribution in [2.45, 2.75) is 51.2 Å². The molecule has 0 amide bonds. The highest BCUT2D eigenvalue weighted by molar-refractivity contribution is 7.14. The molecule has 110 valence electrons. The van der Waals surface area contributed by atoms with Crippen molar-refractivity contribution in [3.63, 3.8) is 0 Å². The summed E-state index contributed by atoms with van der Waals surface area (Å²) in [6.07, 6.45) is 5.16. The van der Waals surface area contributed by atoms with Gasteiger partial charge in [0.15, 0.2) is 0 Å². The lowest BCUT2D eigenvalue weighted by Gasteiger charge is -2.35. The second-order valence-corrected chi connectivity index (χ2v) is 7.19. The van der Waals surface area contributed by atoms with Gasteiger partial charge in [-0.1, -0.05) is 0 Å².